The largest absolute Gasteiger partial charge is 0.416 e. The van der Waals surface area contributed by atoms with Gasteiger partial charge in [-0.05, 0) is 29.8 Å². The zero-order chi connectivity index (χ0) is 13.9. The lowest BCUT2D eigenvalue weighted by Gasteiger charge is -2.07. The lowest BCUT2D eigenvalue weighted by atomic mass is 10.1. The molecular weight excluding hydrogens is 257 g/mol. The molecular formula is C13H9F3N2O. The van der Waals surface area contributed by atoms with E-state index in [-0.39, 0.29) is 0 Å². The maximum atomic E-state index is 12.4. The van der Waals surface area contributed by atoms with E-state index in [0.717, 1.165) is 12.1 Å². The summed E-state index contributed by atoms with van der Waals surface area (Å²) in [6, 6.07) is 8.04. The Labute approximate surface area is 107 Å². The zero-order valence-electron chi connectivity index (χ0n) is 9.61. The minimum absolute atomic E-state index is 0.380. The van der Waals surface area contributed by atoms with Crippen molar-refractivity contribution in [2.24, 2.45) is 0 Å². The maximum absolute atomic E-state index is 12.4. The van der Waals surface area contributed by atoms with Gasteiger partial charge in [-0.3, -0.25) is 4.79 Å². The molecule has 1 N–H and O–H groups in total. The normalized spacial score (nSPS) is 11.1. The fourth-order valence-electron chi connectivity index (χ4n) is 1.56. The highest BCUT2D eigenvalue weighted by atomic mass is 19.4. The predicted octanol–water partition coefficient (Wildman–Crippen LogP) is 3.34. The highest BCUT2D eigenvalue weighted by Gasteiger charge is 2.29. The summed E-state index contributed by atoms with van der Waals surface area (Å²) in [6.07, 6.45) is -2.36. The van der Waals surface area contributed by atoms with Crippen LogP contribution in [0.5, 0.6) is 0 Å². The fourth-order valence-corrected chi connectivity index (χ4v) is 1.56. The number of halogens is 3. The number of pyridine rings is 1. The molecule has 0 atom stereocenters. The number of carbonyl (C=O) groups excluding carboxylic acids is 1. The summed E-state index contributed by atoms with van der Waals surface area (Å²) in [5.41, 5.74) is 0.603. The van der Waals surface area contributed by atoms with Crippen molar-refractivity contribution in [1.82, 2.24) is 4.98 Å². The van der Waals surface area contributed by atoms with E-state index in [9.17, 15) is 18.0 Å². The quantitative estimate of drug-likeness (QED) is 0.866. The highest BCUT2D eigenvalue weighted by Crippen LogP contribution is 2.30. The van der Waals surface area contributed by atoms with E-state index in [2.05, 4.69) is 10.3 Å². The van der Waals surface area contributed by atoms with Gasteiger partial charge in [0, 0.05) is 11.8 Å². The Bertz CT molecular complexity index is 562. The first kappa shape index (κ1) is 13.1. The van der Waals surface area contributed by atoms with Crippen LogP contribution in [0.2, 0.25) is 0 Å². The molecule has 3 nitrogen and oxygen atoms in total. The summed E-state index contributed by atoms with van der Waals surface area (Å²) in [4.78, 5) is 14.2. The Hall–Kier alpha value is -2.37. The number of nitrogens with one attached hydrogen (secondary N) is 1. The number of aromatic nitrogens is 1. The van der Waals surface area contributed by atoms with Crippen LogP contribution < -0.4 is 5.32 Å². The Morgan fingerprint density at radius 1 is 1.00 bits per heavy atom. The first-order valence-corrected chi connectivity index (χ1v) is 5.34. The van der Waals surface area contributed by atoms with E-state index >= 15 is 0 Å². The number of rotatable bonds is 3. The molecule has 1 amide bonds. The van der Waals surface area contributed by atoms with Gasteiger partial charge in [0.15, 0.2) is 0 Å². The molecule has 0 fully saturated rings. The molecule has 2 rings (SSSR count). The predicted molar refractivity (Wildman–Crippen MR) is 64.4 cm³/mol. The van der Waals surface area contributed by atoms with Crippen LogP contribution >= 0.6 is 0 Å². The summed E-state index contributed by atoms with van der Waals surface area (Å²) in [7, 11) is 0. The molecule has 0 radical (unpaired) electrons. The third-order valence-corrected chi connectivity index (χ3v) is 2.52. The average Bonchev–Trinajstić information content (AvgIpc) is 2.39. The fraction of sp³-hybridized carbons (Fsp3) is 0.0769. The maximum Gasteiger partial charge on any atom is 0.416 e. The van der Waals surface area contributed by atoms with Gasteiger partial charge in [-0.15, -0.1) is 0 Å². The van der Waals surface area contributed by atoms with Crippen LogP contribution in [0.3, 0.4) is 0 Å². The molecule has 1 heterocycles. The summed E-state index contributed by atoms with van der Waals surface area (Å²) >= 11 is 0. The Morgan fingerprint density at radius 3 is 2.11 bits per heavy atom. The van der Waals surface area contributed by atoms with Crippen molar-refractivity contribution in [1.29, 1.82) is 0 Å². The minimum Gasteiger partial charge on any atom is -0.313 e. The second kappa shape index (κ2) is 5.09. The van der Waals surface area contributed by atoms with Crippen LogP contribution in [0, 0.1) is 0 Å². The minimum atomic E-state index is -4.34. The molecule has 0 unspecified atom stereocenters. The molecule has 19 heavy (non-hydrogen) atoms. The van der Waals surface area contributed by atoms with E-state index in [4.69, 9.17) is 0 Å². The van der Waals surface area contributed by atoms with E-state index < -0.39 is 11.7 Å². The van der Waals surface area contributed by atoms with E-state index in [0.29, 0.717) is 23.4 Å². The first-order chi connectivity index (χ1) is 9.00. The molecule has 0 spiro atoms. The molecule has 0 bridgehead atoms. The molecule has 1 aromatic carbocycles. The number of carbonyl (C=O) groups is 1. The van der Waals surface area contributed by atoms with Gasteiger partial charge in [0.2, 0.25) is 6.41 Å². The van der Waals surface area contributed by atoms with Crippen LogP contribution in [-0.4, -0.2) is 11.4 Å². The van der Waals surface area contributed by atoms with Gasteiger partial charge in [0.25, 0.3) is 0 Å². The Kier molecular flexibility index (Phi) is 3.50. The Morgan fingerprint density at radius 2 is 1.63 bits per heavy atom. The average molecular weight is 266 g/mol. The molecule has 0 aliphatic heterocycles. The number of nitrogens with zero attached hydrogens (tertiary/aromatic N) is 1. The number of hydrogen-bond acceptors (Lipinski definition) is 2. The van der Waals surface area contributed by atoms with E-state index in [1.165, 1.54) is 18.3 Å². The van der Waals surface area contributed by atoms with Gasteiger partial charge in [-0.2, -0.15) is 13.2 Å². The van der Waals surface area contributed by atoms with Crippen molar-refractivity contribution in [3.8, 4) is 11.1 Å². The van der Waals surface area contributed by atoms with Crippen LogP contribution in [0.1, 0.15) is 5.56 Å². The van der Waals surface area contributed by atoms with Crippen molar-refractivity contribution in [3.05, 3.63) is 48.2 Å². The molecule has 2 aromatic rings. The molecule has 6 heteroatoms. The molecule has 98 valence electrons. The number of anilines is 1. The second-order valence-electron chi connectivity index (χ2n) is 3.77. The summed E-state index contributed by atoms with van der Waals surface area (Å²) < 4.78 is 37.2. The monoisotopic (exact) mass is 266 g/mol. The van der Waals surface area contributed by atoms with Crippen molar-refractivity contribution in [2.45, 2.75) is 6.18 Å². The van der Waals surface area contributed by atoms with Gasteiger partial charge in [0.05, 0.1) is 5.56 Å². The number of amides is 1. The second-order valence-corrected chi connectivity index (χ2v) is 3.77. The first-order valence-electron chi connectivity index (χ1n) is 5.34. The van der Waals surface area contributed by atoms with Gasteiger partial charge < -0.3 is 5.32 Å². The van der Waals surface area contributed by atoms with Crippen LogP contribution in [0.4, 0.5) is 19.0 Å². The van der Waals surface area contributed by atoms with Gasteiger partial charge in [0.1, 0.15) is 5.82 Å². The van der Waals surface area contributed by atoms with E-state index in [1.807, 2.05) is 0 Å². The van der Waals surface area contributed by atoms with Crippen LogP contribution in [0.25, 0.3) is 11.1 Å². The third-order valence-electron chi connectivity index (χ3n) is 2.52. The number of benzene rings is 1. The highest BCUT2D eigenvalue weighted by molar-refractivity contribution is 5.70. The Balaban J connectivity index is 2.24. The summed E-state index contributed by atoms with van der Waals surface area (Å²) in [5, 5.41) is 2.37. The van der Waals surface area contributed by atoms with Crippen molar-refractivity contribution < 1.29 is 18.0 Å². The van der Waals surface area contributed by atoms with E-state index in [1.54, 1.807) is 12.1 Å². The molecule has 0 saturated carbocycles. The van der Waals surface area contributed by atoms with Crippen LogP contribution in [-0.2, 0) is 11.0 Å². The van der Waals surface area contributed by atoms with Crippen molar-refractivity contribution in [2.75, 3.05) is 5.32 Å². The molecule has 0 aliphatic carbocycles. The molecule has 0 aliphatic rings. The standard InChI is InChI=1S/C13H9F3N2O/c14-13(15,16)11-4-1-9(2-5-11)10-3-6-12(17-7-10)18-8-19/h1-8H,(H,17,18,19). The number of alkyl halides is 3. The number of hydrogen-bond donors (Lipinski definition) is 1. The van der Waals surface area contributed by atoms with Crippen LogP contribution in [0.15, 0.2) is 42.6 Å². The summed E-state index contributed by atoms with van der Waals surface area (Å²) in [5.74, 6) is 0.380. The van der Waals surface area contributed by atoms with Crippen molar-refractivity contribution >= 4 is 12.2 Å². The SMILES string of the molecule is O=CNc1ccc(-c2ccc(C(F)(F)F)cc2)cn1. The van der Waals surface area contributed by atoms with Crippen molar-refractivity contribution in [3.63, 3.8) is 0 Å². The smallest absolute Gasteiger partial charge is 0.313 e. The zero-order valence-corrected chi connectivity index (χ0v) is 9.61. The molecule has 0 saturated heterocycles. The van der Waals surface area contributed by atoms with Gasteiger partial charge in [-0.25, -0.2) is 4.98 Å². The lowest BCUT2D eigenvalue weighted by Crippen LogP contribution is -2.04. The third kappa shape index (κ3) is 3.09. The summed E-state index contributed by atoms with van der Waals surface area (Å²) in [6.45, 7) is 0. The topological polar surface area (TPSA) is 42.0 Å². The molecule has 1 aromatic heterocycles. The van der Waals surface area contributed by atoms with Gasteiger partial charge >= 0.3 is 6.18 Å². The lowest BCUT2D eigenvalue weighted by molar-refractivity contribution is -0.137. The van der Waals surface area contributed by atoms with Gasteiger partial charge in [-0.1, -0.05) is 12.1 Å².